The summed E-state index contributed by atoms with van der Waals surface area (Å²) in [4.78, 5) is 17.2. The first-order valence-corrected chi connectivity index (χ1v) is 11.8. The third-order valence-corrected chi connectivity index (χ3v) is 6.79. The Kier molecular flexibility index (Phi) is 6.26. The van der Waals surface area contributed by atoms with Gasteiger partial charge in [-0.3, -0.25) is 9.36 Å². The van der Waals surface area contributed by atoms with Gasteiger partial charge >= 0.3 is 0 Å². The number of nitrogens with one attached hydrogen (secondary N) is 1. The maximum atomic E-state index is 12.9. The van der Waals surface area contributed by atoms with Crippen LogP contribution in [0.4, 0.5) is 0 Å². The largest absolute Gasteiger partial charge is 0.286 e. The molecule has 0 radical (unpaired) electrons. The molecule has 3 aromatic carbocycles. The molecule has 0 unspecified atom stereocenters. The van der Waals surface area contributed by atoms with E-state index in [0.717, 1.165) is 0 Å². The summed E-state index contributed by atoms with van der Waals surface area (Å²) in [7, 11) is -4.17. The number of carbonyl (C=O) groups excluding carboxylic acids is 1. The van der Waals surface area contributed by atoms with Gasteiger partial charge in [-0.15, -0.1) is 0 Å². The Morgan fingerprint density at radius 2 is 1.47 bits per heavy atom. The Morgan fingerprint density at radius 1 is 0.844 bits per heavy atom. The number of para-hydroxylation sites is 1. The number of halogens is 3. The van der Waals surface area contributed by atoms with Crippen LogP contribution in [-0.2, 0) is 10.0 Å². The van der Waals surface area contributed by atoms with Crippen molar-refractivity contribution >= 4 is 50.7 Å². The minimum Gasteiger partial charge on any atom is -0.282 e. The van der Waals surface area contributed by atoms with Gasteiger partial charge in [-0.25, -0.2) is 18.1 Å². The molecule has 0 atom stereocenters. The summed E-state index contributed by atoms with van der Waals surface area (Å²) in [6.45, 7) is 0. The predicted molar refractivity (Wildman–Crippen MR) is 125 cm³/mol. The van der Waals surface area contributed by atoms with Crippen LogP contribution in [0.3, 0.4) is 0 Å². The van der Waals surface area contributed by atoms with Gasteiger partial charge in [0.25, 0.3) is 15.9 Å². The lowest BCUT2D eigenvalue weighted by molar-refractivity contribution is 0.0977. The van der Waals surface area contributed by atoms with Gasteiger partial charge < -0.3 is 0 Å². The second-order valence-corrected chi connectivity index (χ2v) is 9.50. The Balaban J connectivity index is 1.81. The molecule has 0 bridgehead atoms. The van der Waals surface area contributed by atoms with E-state index in [-0.39, 0.29) is 15.7 Å². The summed E-state index contributed by atoms with van der Waals surface area (Å²) in [5.74, 6) is -0.686. The van der Waals surface area contributed by atoms with Crippen molar-refractivity contribution in [2.45, 2.75) is 4.90 Å². The fourth-order valence-electron chi connectivity index (χ4n) is 3.02. The number of hydrogen-bond acceptors (Lipinski definition) is 4. The summed E-state index contributed by atoms with van der Waals surface area (Å²) in [6.07, 6.45) is 0. The fourth-order valence-corrected chi connectivity index (χ4v) is 4.63. The molecule has 1 aromatic heterocycles. The third-order valence-electron chi connectivity index (χ3n) is 4.52. The quantitative estimate of drug-likeness (QED) is 0.381. The molecule has 32 heavy (non-hydrogen) atoms. The first-order valence-electron chi connectivity index (χ1n) is 9.19. The average Bonchev–Trinajstić information content (AvgIpc) is 3.11. The molecule has 0 saturated heterocycles. The summed E-state index contributed by atoms with van der Waals surface area (Å²) >= 11 is 18.7. The van der Waals surface area contributed by atoms with E-state index in [4.69, 9.17) is 34.8 Å². The van der Waals surface area contributed by atoms with E-state index in [1.165, 1.54) is 28.8 Å². The van der Waals surface area contributed by atoms with E-state index in [1.54, 1.807) is 48.5 Å². The zero-order valence-corrected chi connectivity index (χ0v) is 19.3. The van der Waals surface area contributed by atoms with Gasteiger partial charge in [0, 0.05) is 16.3 Å². The van der Waals surface area contributed by atoms with Gasteiger partial charge in [-0.2, -0.15) is 0 Å². The van der Waals surface area contributed by atoms with Crippen molar-refractivity contribution in [1.29, 1.82) is 0 Å². The topological polar surface area (TPSA) is 81.1 Å². The highest BCUT2D eigenvalue weighted by Crippen LogP contribution is 2.33. The number of hydrogen-bond donors (Lipinski definition) is 1. The van der Waals surface area contributed by atoms with Crippen molar-refractivity contribution in [1.82, 2.24) is 14.3 Å². The second kappa shape index (κ2) is 8.96. The SMILES string of the molecule is O=C(NS(=O)(=O)c1ccc(Cl)cc1)c1nc(-c2ccccc2Cl)n(-c2ccccc2)c1Cl. The summed E-state index contributed by atoms with van der Waals surface area (Å²) in [5, 5.41) is 0.700. The summed E-state index contributed by atoms with van der Waals surface area (Å²) < 4.78 is 28.8. The Bertz CT molecular complexity index is 1400. The van der Waals surface area contributed by atoms with Crippen LogP contribution in [-0.4, -0.2) is 23.9 Å². The zero-order chi connectivity index (χ0) is 22.9. The van der Waals surface area contributed by atoms with E-state index < -0.39 is 15.9 Å². The van der Waals surface area contributed by atoms with Crippen molar-refractivity contribution in [3.63, 3.8) is 0 Å². The Morgan fingerprint density at radius 3 is 2.12 bits per heavy atom. The lowest BCUT2D eigenvalue weighted by Crippen LogP contribution is -2.31. The van der Waals surface area contributed by atoms with Crippen molar-refractivity contribution in [2.75, 3.05) is 0 Å². The van der Waals surface area contributed by atoms with Crippen LogP contribution in [0.25, 0.3) is 17.1 Å². The van der Waals surface area contributed by atoms with Crippen molar-refractivity contribution in [3.05, 3.63) is 99.8 Å². The first kappa shape index (κ1) is 22.4. The smallest absolute Gasteiger partial charge is 0.282 e. The molecule has 0 saturated carbocycles. The minimum atomic E-state index is -4.17. The van der Waals surface area contributed by atoms with Gasteiger partial charge in [0.1, 0.15) is 11.0 Å². The number of sulfonamides is 1. The number of aromatic nitrogens is 2. The molecule has 0 spiro atoms. The number of amides is 1. The van der Waals surface area contributed by atoms with Crippen LogP contribution in [0.15, 0.2) is 83.8 Å². The molecule has 0 aliphatic carbocycles. The lowest BCUT2D eigenvalue weighted by Gasteiger charge is -2.10. The fraction of sp³-hybridized carbons (Fsp3) is 0. The van der Waals surface area contributed by atoms with Crippen molar-refractivity contribution in [3.8, 4) is 17.1 Å². The van der Waals surface area contributed by atoms with Gasteiger partial charge in [0.05, 0.1) is 9.92 Å². The van der Waals surface area contributed by atoms with Crippen LogP contribution < -0.4 is 4.72 Å². The van der Waals surface area contributed by atoms with Crippen molar-refractivity contribution in [2.24, 2.45) is 0 Å². The molecule has 0 aliphatic rings. The van der Waals surface area contributed by atoms with Gasteiger partial charge in [-0.05, 0) is 48.5 Å². The third kappa shape index (κ3) is 4.38. The van der Waals surface area contributed by atoms with Crippen LogP contribution in [0.1, 0.15) is 10.5 Å². The van der Waals surface area contributed by atoms with Gasteiger partial charge in [0.2, 0.25) is 0 Å². The minimum absolute atomic E-state index is 0.0603. The van der Waals surface area contributed by atoms with Gasteiger partial charge in [-0.1, -0.05) is 65.1 Å². The Labute approximate surface area is 199 Å². The highest BCUT2D eigenvalue weighted by molar-refractivity contribution is 7.90. The first-order chi connectivity index (χ1) is 15.3. The second-order valence-electron chi connectivity index (χ2n) is 6.61. The molecule has 0 fully saturated rings. The molecule has 4 aromatic rings. The number of imidazole rings is 1. The monoisotopic (exact) mass is 505 g/mol. The predicted octanol–water partition coefficient (Wildman–Crippen LogP) is 5.62. The average molecular weight is 507 g/mol. The maximum absolute atomic E-state index is 12.9. The van der Waals surface area contributed by atoms with Crippen LogP contribution in [0.2, 0.25) is 15.2 Å². The van der Waals surface area contributed by atoms with E-state index in [2.05, 4.69) is 4.98 Å². The van der Waals surface area contributed by atoms with Crippen LogP contribution in [0, 0.1) is 0 Å². The van der Waals surface area contributed by atoms with Crippen LogP contribution >= 0.6 is 34.8 Å². The van der Waals surface area contributed by atoms with Crippen LogP contribution in [0.5, 0.6) is 0 Å². The molecule has 1 amide bonds. The highest BCUT2D eigenvalue weighted by Gasteiger charge is 2.27. The molecular formula is C22H14Cl3N3O3S. The number of rotatable bonds is 5. The molecule has 6 nitrogen and oxygen atoms in total. The molecule has 162 valence electrons. The van der Waals surface area contributed by atoms with E-state index in [1.807, 2.05) is 10.8 Å². The number of benzene rings is 3. The molecule has 0 aliphatic heterocycles. The highest BCUT2D eigenvalue weighted by atomic mass is 35.5. The zero-order valence-electron chi connectivity index (χ0n) is 16.2. The van der Waals surface area contributed by atoms with Gasteiger partial charge in [0.15, 0.2) is 5.69 Å². The summed E-state index contributed by atoms with van der Waals surface area (Å²) in [6, 6.07) is 21.3. The van der Waals surface area contributed by atoms with E-state index in [9.17, 15) is 13.2 Å². The normalized spacial score (nSPS) is 11.3. The maximum Gasteiger partial charge on any atom is 0.286 e. The molecule has 10 heteroatoms. The Hall–Kier alpha value is -2.84. The van der Waals surface area contributed by atoms with E-state index in [0.29, 0.717) is 27.1 Å². The summed E-state index contributed by atoms with van der Waals surface area (Å²) in [5.41, 5.74) is 0.891. The van der Waals surface area contributed by atoms with E-state index >= 15 is 0 Å². The molecule has 1 heterocycles. The standard InChI is InChI=1S/C22H14Cl3N3O3S/c23-14-10-12-16(13-11-14)32(30,31)27-22(29)19-20(25)28(15-6-2-1-3-7-15)21(26-19)17-8-4-5-9-18(17)24/h1-13H,(H,27,29). The lowest BCUT2D eigenvalue weighted by atomic mass is 10.2. The van der Waals surface area contributed by atoms with Crippen molar-refractivity contribution < 1.29 is 13.2 Å². The number of carbonyl (C=O) groups is 1. The molecule has 4 rings (SSSR count). The molecular weight excluding hydrogens is 493 g/mol. The molecule has 1 N–H and O–H groups in total. The number of nitrogens with zero attached hydrogens (tertiary/aromatic N) is 2.